The van der Waals surface area contributed by atoms with E-state index in [1.54, 1.807) is 11.6 Å². The summed E-state index contributed by atoms with van der Waals surface area (Å²) in [5.41, 5.74) is 1.31. The molecule has 0 saturated heterocycles. The van der Waals surface area contributed by atoms with Crippen LogP contribution >= 0.6 is 0 Å². The lowest BCUT2D eigenvalue weighted by Gasteiger charge is -2.22. The van der Waals surface area contributed by atoms with Crippen molar-refractivity contribution in [1.29, 1.82) is 0 Å². The maximum absolute atomic E-state index is 12.3. The highest BCUT2D eigenvalue weighted by Crippen LogP contribution is 2.25. The highest BCUT2D eigenvalue weighted by molar-refractivity contribution is 5.90. The van der Waals surface area contributed by atoms with Gasteiger partial charge in [-0.05, 0) is 31.5 Å². The number of anilines is 1. The number of benzene rings is 2. The normalized spacial score (nSPS) is 13.2. The van der Waals surface area contributed by atoms with Crippen molar-refractivity contribution in [2.75, 3.05) is 5.32 Å². The topological polar surface area (TPSA) is 67.2 Å². The molecular formula is C20H21N3O2. The number of aliphatic hydroxyl groups is 1. The van der Waals surface area contributed by atoms with Crippen LogP contribution in [0.1, 0.15) is 24.6 Å². The quantitative estimate of drug-likeness (QED) is 0.751. The van der Waals surface area contributed by atoms with Gasteiger partial charge in [-0.3, -0.25) is 4.79 Å². The number of nitrogens with one attached hydrogen (secondary N) is 1. The highest BCUT2D eigenvalue weighted by Gasteiger charge is 2.26. The fourth-order valence-corrected chi connectivity index (χ4v) is 2.77. The summed E-state index contributed by atoms with van der Waals surface area (Å²) in [6.07, 6.45) is -0.0474. The lowest BCUT2D eigenvalue weighted by molar-refractivity contribution is -0.120. The van der Waals surface area contributed by atoms with Crippen molar-refractivity contribution < 1.29 is 9.90 Å². The number of amides is 1. The molecule has 1 unspecified atom stereocenters. The van der Waals surface area contributed by atoms with Crippen molar-refractivity contribution in [1.82, 2.24) is 9.78 Å². The third-order valence-electron chi connectivity index (χ3n) is 4.06. The third kappa shape index (κ3) is 3.95. The molecule has 1 aromatic heterocycles. The first-order chi connectivity index (χ1) is 12.0. The molecule has 2 aromatic carbocycles. The van der Waals surface area contributed by atoms with Crippen molar-refractivity contribution in [2.45, 2.75) is 25.9 Å². The molecule has 2 N–H and O–H groups in total. The summed E-state index contributed by atoms with van der Waals surface area (Å²) in [5.74, 6) is 0.182. The lowest BCUT2D eigenvalue weighted by Crippen LogP contribution is -2.28. The first-order valence-electron chi connectivity index (χ1n) is 8.15. The van der Waals surface area contributed by atoms with Gasteiger partial charge in [-0.2, -0.15) is 0 Å². The Bertz CT molecular complexity index is 855. The van der Waals surface area contributed by atoms with Gasteiger partial charge in [0.25, 0.3) is 0 Å². The van der Waals surface area contributed by atoms with Crippen LogP contribution in [-0.2, 0) is 10.4 Å². The van der Waals surface area contributed by atoms with Gasteiger partial charge in [0.15, 0.2) is 5.82 Å². The molecule has 0 aliphatic rings. The Hall–Kier alpha value is -2.92. The van der Waals surface area contributed by atoms with Gasteiger partial charge in [0.2, 0.25) is 5.91 Å². The average Bonchev–Trinajstić information content (AvgIpc) is 2.96. The Labute approximate surface area is 146 Å². The fraction of sp³-hybridized carbons (Fsp3) is 0.200. The monoisotopic (exact) mass is 335 g/mol. The second-order valence-corrected chi connectivity index (χ2v) is 6.28. The molecule has 25 heavy (non-hydrogen) atoms. The first kappa shape index (κ1) is 16.9. The van der Waals surface area contributed by atoms with E-state index in [1.807, 2.05) is 73.7 Å². The summed E-state index contributed by atoms with van der Waals surface area (Å²) >= 11 is 0. The summed E-state index contributed by atoms with van der Waals surface area (Å²) in [7, 11) is 0. The van der Waals surface area contributed by atoms with Gasteiger partial charge in [-0.25, -0.2) is 4.68 Å². The number of aromatic nitrogens is 2. The second kappa shape index (κ2) is 6.91. The zero-order valence-corrected chi connectivity index (χ0v) is 14.3. The van der Waals surface area contributed by atoms with Crippen molar-refractivity contribution in [2.24, 2.45) is 0 Å². The van der Waals surface area contributed by atoms with Crippen LogP contribution in [0.2, 0.25) is 0 Å². The number of carbonyl (C=O) groups is 1. The zero-order valence-electron chi connectivity index (χ0n) is 14.3. The van der Waals surface area contributed by atoms with E-state index in [2.05, 4.69) is 10.4 Å². The Morgan fingerprint density at radius 2 is 1.72 bits per heavy atom. The number of rotatable bonds is 5. The van der Waals surface area contributed by atoms with E-state index < -0.39 is 5.60 Å². The summed E-state index contributed by atoms with van der Waals surface area (Å²) in [4.78, 5) is 12.3. The molecule has 3 rings (SSSR count). The second-order valence-electron chi connectivity index (χ2n) is 6.28. The number of aryl methyl sites for hydroxylation is 1. The van der Waals surface area contributed by atoms with Gasteiger partial charge in [0.1, 0.15) is 0 Å². The van der Waals surface area contributed by atoms with Gasteiger partial charge < -0.3 is 10.4 Å². The molecule has 1 heterocycles. The molecule has 5 heteroatoms. The van der Waals surface area contributed by atoms with Crippen LogP contribution in [0.5, 0.6) is 0 Å². The molecule has 0 fully saturated rings. The van der Waals surface area contributed by atoms with Gasteiger partial charge in [-0.1, -0.05) is 48.5 Å². The van der Waals surface area contributed by atoms with E-state index in [-0.39, 0.29) is 12.3 Å². The van der Waals surface area contributed by atoms with E-state index in [0.717, 1.165) is 11.4 Å². The standard InChI is InChI=1S/C20H21N3O2/c1-15-13-18(22-23(15)17-11-7-4-8-12-17)21-19(24)14-20(2,25)16-9-5-3-6-10-16/h3-13,25H,14H2,1-2H3,(H,21,22,24). The van der Waals surface area contributed by atoms with Crippen LogP contribution in [0.3, 0.4) is 0 Å². The van der Waals surface area contributed by atoms with E-state index in [4.69, 9.17) is 0 Å². The minimum atomic E-state index is -1.23. The SMILES string of the molecule is Cc1cc(NC(=O)CC(C)(O)c2ccccc2)nn1-c1ccccc1. The van der Waals surface area contributed by atoms with E-state index in [0.29, 0.717) is 11.4 Å². The number of para-hydroxylation sites is 1. The molecule has 0 radical (unpaired) electrons. The average molecular weight is 335 g/mol. The number of hydrogen-bond acceptors (Lipinski definition) is 3. The minimum absolute atomic E-state index is 0.0474. The van der Waals surface area contributed by atoms with Crippen LogP contribution in [-0.4, -0.2) is 20.8 Å². The van der Waals surface area contributed by atoms with Crippen molar-refractivity contribution in [3.63, 3.8) is 0 Å². The van der Waals surface area contributed by atoms with E-state index in [9.17, 15) is 9.90 Å². The van der Waals surface area contributed by atoms with E-state index in [1.165, 1.54) is 0 Å². The van der Waals surface area contributed by atoms with Crippen molar-refractivity contribution in [3.05, 3.63) is 78.0 Å². The van der Waals surface area contributed by atoms with Gasteiger partial charge in [0.05, 0.1) is 17.7 Å². The van der Waals surface area contributed by atoms with Gasteiger partial charge >= 0.3 is 0 Å². The molecule has 5 nitrogen and oxygen atoms in total. The fourth-order valence-electron chi connectivity index (χ4n) is 2.77. The molecule has 1 amide bonds. The molecule has 3 aromatic rings. The summed E-state index contributed by atoms with van der Waals surface area (Å²) in [6, 6.07) is 20.7. The summed E-state index contributed by atoms with van der Waals surface area (Å²) in [6.45, 7) is 3.56. The maximum atomic E-state index is 12.3. The van der Waals surface area contributed by atoms with Crippen LogP contribution in [0.15, 0.2) is 66.7 Å². The number of carbonyl (C=O) groups excluding carboxylic acids is 1. The molecule has 0 bridgehead atoms. The van der Waals surface area contributed by atoms with Crippen LogP contribution in [0.4, 0.5) is 5.82 Å². The molecule has 0 saturated carbocycles. The molecular weight excluding hydrogens is 314 g/mol. The Balaban J connectivity index is 1.72. The van der Waals surface area contributed by atoms with Crippen LogP contribution in [0.25, 0.3) is 5.69 Å². The summed E-state index contributed by atoms with van der Waals surface area (Å²) in [5, 5.41) is 17.8. The Morgan fingerprint density at radius 1 is 1.12 bits per heavy atom. The maximum Gasteiger partial charge on any atom is 0.228 e. The first-order valence-corrected chi connectivity index (χ1v) is 8.15. The van der Waals surface area contributed by atoms with Gasteiger partial charge in [0, 0.05) is 11.8 Å². The zero-order chi connectivity index (χ0) is 17.9. The highest BCUT2D eigenvalue weighted by atomic mass is 16.3. The van der Waals surface area contributed by atoms with Crippen molar-refractivity contribution in [3.8, 4) is 5.69 Å². The third-order valence-corrected chi connectivity index (χ3v) is 4.06. The largest absolute Gasteiger partial charge is 0.385 e. The molecule has 1 atom stereocenters. The van der Waals surface area contributed by atoms with E-state index >= 15 is 0 Å². The smallest absolute Gasteiger partial charge is 0.228 e. The molecule has 128 valence electrons. The lowest BCUT2D eigenvalue weighted by atomic mass is 9.92. The predicted octanol–water partition coefficient (Wildman–Crippen LogP) is 3.42. The van der Waals surface area contributed by atoms with Gasteiger partial charge in [-0.15, -0.1) is 5.10 Å². The molecule has 0 spiro atoms. The molecule has 0 aliphatic heterocycles. The number of nitrogens with zero attached hydrogens (tertiary/aromatic N) is 2. The number of hydrogen-bond donors (Lipinski definition) is 2. The minimum Gasteiger partial charge on any atom is -0.385 e. The van der Waals surface area contributed by atoms with Crippen LogP contribution in [0, 0.1) is 6.92 Å². The predicted molar refractivity (Wildman–Crippen MR) is 97.6 cm³/mol. The van der Waals surface area contributed by atoms with Crippen molar-refractivity contribution >= 4 is 11.7 Å². The van der Waals surface area contributed by atoms with Crippen LogP contribution < -0.4 is 5.32 Å². The molecule has 0 aliphatic carbocycles. The Morgan fingerprint density at radius 3 is 2.36 bits per heavy atom. The summed E-state index contributed by atoms with van der Waals surface area (Å²) < 4.78 is 1.77. The Kier molecular flexibility index (Phi) is 4.67.